The van der Waals surface area contributed by atoms with Gasteiger partial charge in [0.1, 0.15) is 6.04 Å². The number of nitrogens with zero attached hydrogens (tertiary/aromatic N) is 4. The average Bonchev–Trinajstić information content (AvgIpc) is 3.10. The first-order valence-electron chi connectivity index (χ1n) is 8.44. The van der Waals surface area contributed by atoms with Crippen molar-refractivity contribution in [3.8, 4) is 0 Å². The zero-order valence-corrected chi connectivity index (χ0v) is 14.5. The standard InChI is InChI=1S/C18H22N4O3/c1-20(2)18(25)15-8-5-10-22(15)16(23)9-11-21-12-19-14-7-4-3-6-13(14)17(21)24/h3-4,6-7,12,15H,5,8-11H2,1-2H3. The molecule has 1 aromatic carbocycles. The van der Waals surface area contributed by atoms with Crippen LogP contribution in [0.1, 0.15) is 19.3 Å². The molecule has 0 aliphatic carbocycles. The molecule has 1 atom stereocenters. The monoisotopic (exact) mass is 342 g/mol. The first-order valence-corrected chi connectivity index (χ1v) is 8.44. The summed E-state index contributed by atoms with van der Waals surface area (Å²) in [6, 6.07) is 6.76. The van der Waals surface area contributed by atoms with Crippen molar-refractivity contribution >= 4 is 22.7 Å². The van der Waals surface area contributed by atoms with Crippen molar-refractivity contribution in [3.05, 3.63) is 40.9 Å². The molecule has 2 amide bonds. The van der Waals surface area contributed by atoms with Crippen LogP contribution in [0.25, 0.3) is 10.9 Å². The van der Waals surface area contributed by atoms with Gasteiger partial charge in [-0.1, -0.05) is 12.1 Å². The van der Waals surface area contributed by atoms with Crippen molar-refractivity contribution in [1.82, 2.24) is 19.4 Å². The van der Waals surface area contributed by atoms with Crippen molar-refractivity contribution in [2.75, 3.05) is 20.6 Å². The number of benzene rings is 1. The summed E-state index contributed by atoms with van der Waals surface area (Å²) in [7, 11) is 3.40. The first-order chi connectivity index (χ1) is 12.0. The predicted molar refractivity (Wildman–Crippen MR) is 94.0 cm³/mol. The average molecular weight is 342 g/mol. The Labute approximate surface area is 145 Å². The highest BCUT2D eigenvalue weighted by molar-refractivity contribution is 5.88. The highest BCUT2D eigenvalue weighted by Crippen LogP contribution is 2.20. The first kappa shape index (κ1) is 17.1. The summed E-state index contributed by atoms with van der Waals surface area (Å²) in [5.41, 5.74) is 0.493. The lowest BCUT2D eigenvalue weighted by atomic mass is 10.2. The minimum absolute atomic E-state index is 0.0459. The van der Waals surface area contributed by atoms with E-state index in [2.05, 4.69) is 4.98 Å². The molecule has 7 heteroatoms. The summed E-state index contributed by atoms with van der Waals surface area (Å²) in [5, 5.41) is 0.541. The Morgan fingerprint density at radius 2 is 2.04 bits per heavy atom. The van der Waals surface area contributed by atoms with Gasteiger partial charge >= 0.3 is 0 Å². The van der Waals surface area contributed by atoms with Crippen LogP contribution in [-0.4, -0.2) is 57.8 Å². The Morgan fingerprint density at radius 3 is 2.80 bits per heavy atom. The molecule has 0 radical (unpaired) electrons. The van der Waals surface area contributed by atoms with E-state index in [1.165, 1.54) is 15.8 Å². The number of hydrogen-bond donors (Lipinski definition) is 0. The van der Waals surface area contributed by atoms with Crippen LogP contribution in [0.3, 0.4) is 0 Å². The Kier molecular flexibility index (Phi) is 4.83. The molecule has 1 aliphatic rings. The molecule has 1 aromatic heterocycles. The van der Waals surface area contributed by atoms with E-state index in [4.69, 9.17) is 0 Å². The maximum absolute atomic E-state index is 12.6. The summed E-state index contributed by atoms with van der Waals surface area (Å²) >= 11 is 0. The van der Waals surface area contributed by atoms with Gasteiger partial charge in [-0.2, -0.15) is 0 Å². The normalized spacial score (nSPS) is 17.0. The largest absolute Gasteiger partial charge is 0.347 e. The fourth-order valence-corrected chi connectivity index (χ4v) is 3.25. The third-order valence-corrected chi connectivity index (χ3v) is 4.60. The number of amides is 2. The summed E-state index contributed by atoms with van der Waals surface area (Å²) in [6.07, 6.45) is 3.18. The van der Waals surface area contributed by atoms with Gasteiger partial charge in [0.05, 0.1) is 17.2 Å². The molecule has 1 aliphatic heterocycles. The Balaban J connectivity index is 1.71. The zero-order chi connectivity index (χ0) is 18.0. The molecule has 0 spiro atoms. The summed E-state index contributed by atoms with van der Waals surface area (Å²) in [5.74, 6) is -0.145. The van der Waals surface area contributed by atoms with E-state index in [1.807, 2.05) is 6.07 Å². The minimum Gasteiger partial charge on any atom is -0.347 e. The number of fused-ring (bicyclic) bond motifs is 1. The molecule has 1 unspecified atom stereocenters. The van der Waals surface area contributed by atoms with Crippen molar-refractivity contribution in [2.24, 2.45) is 0 Å². The summed E-state index contributed by atoms with van der Waals surface area (Å²) < 4.78 is 1.46. The molecule has 1 saturated heterocycles. The van der Waals surface area contributed by atoms with E-state index < -0.39 is 0 Å². The lowest BCUT2D eigenvalue weighted by Crippen LogP contribution is -2.45. The fraction of sp³-hybridized carbons (Fsp3) is 0.444. The van der Waals surface area contributed by atoms with Crippen LogP contribution >= 0.6 is 0 Å². The molecule has 7 nitrogen and oxygen atoms in total. The number of hydrogen-bond acceptors (Lipinski definition) is 4. The quantitative estimate of drug-likeness (QED) is 0.826. The van der Waals surface area contributed by atoms with Crippen LogP contribution in [-0.2, 0) is 16.1 Å². The number of para-hydroxylation sites is 1. The molecular weight excluding hydrogens is 320 g/mol. The Hall–Kier alpha value is -2.70. The lowest BCUT2D eigenvalue weighted by molar-refractivity contribution is -0.142. The maximum atomic E-state index is 12.6. The van der Waals surface area contributed by atoms with Crippen LogP contribution < -0.4 is 5.56 Å². The number of aromatic nitrogens is 2. The second kappa shape index (κ2) is 7.04. The number of likely N-dealkylation sites (tertiary alicyclic amines) is 1. The molecule has 3 rings (SSSR count). The molecule has 132 valence electrons. The van der Waals surface area contributed by atoms with Gasteiger partial charge in [-0.3, -0.25) is 19.0 Å². The summed E-state index contributed by atoms with van der Waals surface area (Å²) in [4.78, 5) is 44.6. The van der Waals surface area contributed by atoms with E-state index in [1.54, 1.807) is 37.2 Å². The van der Waals surface area contributed by atoms with Crippen molar-refractivity contribution in [1.29, 1.82) is 0 Å². The van der Waals surface area contributed by atoms with Gasteiger partial charge in [0, 0.05) is 33.6 Å². The number of rotatable bonds is 4. The smallest absolute Gasteiger partial charge is 0.261 e. The van der Waals surface area contributed by atoms with Gasteiger partial charge in [-0.25, -0.2) is 4.98 Å². The van der Waals surface area contributed by atoms with Crippen LogP contribution in [0.4, 0.5) is 0 Å². The minimum atomic E-state index is -0.381. The molecule has 0 N–H and O–H groups in total. The van der Waals surface area contributed by atoms with Gasteiger partial charge in [0.15, 0.2) is 0 Å². The highest BCUT2D eigenvalue weighted by Gasteiger charge is 2.34. The molecule has 25 heavy (non-hydrogen) atoms. The lowest BCUT2D eigenvalue weighted by Gasteiger charge is -2.26. The highest BCUT2D eigenvalue weighted by atomic mass is 16.2. The van der Waals surface area contributed by atoms with Crippen LogP contribution in [0.2, 0.25) is 0 Å². The molecule has 0 saturated carbocycles. The number of aryl methyl sites for hydroxylation is 1. The van der Waals surface area contributed by atoms with Crippen molar-refractivity contribution in [2.45, 2.75) is 31.8 Å². The maximum Gasteiger partial charge on any atom is 0.261 e. The Bertz CT molecular complexity index is 859. The summed E-state index contributed by atoms with van der Waals surface area (Å²) in [6.45, 7) is 0.850. The van der Waals surface area contributed by atoms with E-state index in [0.717, 1.165) is 6.42 Å². The fourth-order valence-electron chi connectivity index (χ4n) is 3.25. The van der Waals surface area contributed by atoms with E-state index >= 15 is 0 Å². The van der Waals surface area contributed by atoms with Gasteiger partial charge < -0.3 is 9.80 Å². The molecule has 2 aromatic rings. The Morgan fingerprint density at radius 1 is 1.28 bits per heavy atom. The van der Waals surface area contributed by atoms with Gasteiger partial charge in [0.25, 0.3) is 5.56 Å². The van der Waals surface area contributed by atoms with Crippen LogP contribution in [0.15, 0.2) is 35.4 Å². The van der Waals surface area contributed by atoms with Gasteiger partial charge in [-0.15, -0.1) is 0 Å². The van der Waals surface area contributed by atoms with E-state index in [0.29, 0.717) is 23.9 Å². The zero-order valence-electron chi connectivity index (χ0n) is 14.5. The number of likely N-dealkylation sites (N-methyl/N-ethyl adjacent to an activating group) is 1. The number of carbonyl (C=O) groups is 2. The topological polar surface area (TPSA) is 75.5 Å². The molecule has 0 bridgehead atoms. The van der Waals surface area contributed by atoms with Crippen LogP contribution in [0, 0.1) is 0 Å². The third kappa shape index (κ3) is 3.40. The second-order valence-corrected chi connectivity index (χ2v) is 6.49. The van der Waals surface area contributed by atoms with Gasteiger partial charge in [0.2, 0.25) is 11.8 Å². The van der Waals surface area contributed by atoms with E-state index in [-0.39, 0.29) is 36.4 Å². The SMILES string of the molecule is CN(C)C(=O)C1CCCN1C(=O)CCn1cnc2ccccc2c1=O. The van der Waals surface area contributed by atoms with Gasteiger partial charge in [-0.05, 0) is 25.0 Å². The van der Waals surface area contributed by atoms with Crippen molar-refractivity contribution < 1.29 is 9.59 Å². The number of carbonyl (C=O) groups excluding carboxylic acids is 2. The third-order valence-electron chi connectivity index (χ3n) is 4.60. The van der Waals surface area contributed by atoms with Crippen LogP contribution in [0.5, 0.6) is 0 Å². The second-order valence-electron chi connectivity index (χ2n) is 6.49. The predicted octanol–water partition coefficient (Wildman–Crippen LogP) is 0.866. The molecule has 2 heterocycles. The van der Waals surface area contributed by atoms with Crippen molar-refractivity contribution in [3.63, 3.8) is 0 Å². The molecule has 1 fully saturated rings. The van der Waals surface area contributed by atoms with E-state index in [9.17, 15) is 14.4 Å². The molecular formula is C18H22N4O3.